The number of benzene rings is 2. The highest BCUT2D eigenvalue weighted by atomic mass is 32.1. The van der Waals surface area contributed by atoms with Crippen LogP contribution in [0.5, 0.6) is 0 Å². The number of para-hydroxylation sites is 1. The summed E-state index contributed by atoms with van der Waals surface area (Å²) in [4.78, 5) is 3.91. The lowest BCUT2D eigenvalue weighted by atomic mass is 10.1. The van der Waals surface area contributed by atoms with Crippen molar-refractivity contribution in [3.63, 3.8) is 0 Å². The number of hydrogen-bond donors (Lipinski definition) is 1. The van der Waals surface area contributed by atoms with Crippen LogP contribution in [0.15, 0.2) is 54.6 Å². The zero-order valence-corrected chi connectivity index (χ0v) is 18.2. The molecule has 1 aromatic heterocycles. The average Bonchev–Trinajstić information content (AvgIpc) is 3.04. The maximum atomic E-state index is 5.67. The van der Waals surface area contributed by atoms with Crippen molar-refractivity contribution in [2.75, 3.05) is 25.0 Å². The topological polar surface area (TPSA) is 30.4 Å². The third-order valence-electron chi connectivity index (χ3n) is 5.67. The molecule has 2 aromatic carbocycles. The second kappa shape index (κ2) is 8.93. The minimum atomic E-state index is 0.744. The van der Waals surface area contributed by atoms with Crippen molar-refractivity contribution < 1.29 is 4.90 Å². The van der Waals surface area contributed by atoms with Gasteiger partial charge in [0.05, 0.1) is 7.05 Å². The Morgan fingerprint density at radius 3 is 2.41 bits per heavy atom. The van der Waals surface area contributed by atoms with Crippen LogP contribution in [0.2, 0.25) is 0 Å². The number of nitrogens with zero attached hydrogens (tertiary/aromatic N) is 4. The maximum Gasteiger partial charge on any atom is 0.202 e. The van der Waals surface area contributed by atoms with E-state index >= 15 is 0 Å². The molecule has 4 rings (SSSR count). The molecule has 1 atom stereocenters. The Hall–Kier alpha value is -2.44. The SMILES string of the molecule is Cn1c(-c2ccccc2)nn(C[NH+](C)Cc2ccccc2N2CCCCC2)c1=S. The summed E-state index contributed by atoms with van der Waals surface area (Å²) < 4.78 is 4.71. The van der Waals surface area contributed by atoms with Crippen LogP contribution in [0.25, 0.3) is 11.4 Å². The van der Waals surface area contributed by atoms with Gasteiger partial charge in [0.15, 0.2) is 12.5 Å². The number of piperidine rings is 1. The Bertz CT molecular complexity index is 1000. The van der Waals surface area contributed by atoms with Gasteiger partial charge in [0.2, 0.25) is 4.77 Å². The van der Waals surface area contributed by atoms with Crippen LogP contribution in [-0.4, -0.2) is 34.5 Å². The monoisotopic (exact) mass is 408 g/mol. The highest BCUT2D eigenvalue weighted by molar-refractivity contribution is 7.71. The number of anilines is 1. The van der Waals surface area contributed by atoms with Gasteiger partial charge in [-0.05, 0) is 37.5 Å². The van der Waals surface area contributed by atoms with Gasteiger partial charge in [-0.25, -0.2) is 0 Å². The first-order chi connectivity index (χ1) is 14.1. The molecule has 1 unspecified atom stereocenters. The predicted octanol–water partition coefficient (Wildman–Crippen LogP) is 3.28. The van der Waals surface area contributed by atoms with Crippen molar-refractivity contribution >= 4 is 17.9 Å². The number of quaternary nitrogens is 1. The first-order valence-electron chi connectivity index (χ1n) is 10.5. The van der Waals surface area contributed by atoms with Crippen LogP contribution < -0.4 is 9.80 Å². The molecule has 1 N–H and O–H groups in total. The van der Waals surface area contributed by atoms with Crippen LogP contribution in [0.3, 0.4) is 0 Å². The highest BCUT2D eigenvalue weighted by Crippen LogP contribution is 2.23. The minimum Gasteiger partial charge on any atom is -0.371 e. The molecule has 5 nitrogen and oxygen atoms in total. The molecular weight excluding hydrogens is 378 g/mol. The standard InChI is InChI=1S/C23H29N5S/c1-25(17-20-13-7-8-14-21(20)27-15-9-4-10-16-27)18-28-23(29)26(2)22(24-28)19-11-5-3-6-12-19/h3,5-8,11-14H,4,9-10,15-18H2,1-2H3/p+1. The number of rotatable bonds is 6. The quantitative estimate of drug-likeness (QED) is 0.635. The molecule has 0 amide bonds. The smallest absolute Gasteiger partial charge is 0.202 e. The Balaban J connectivity index is 1.51. The summed E-state index contributed by atoms with van der Waals surface area (Å²) >= 11 is 5.67. The summed E-state index contributed by atoms with van der Waals surface area (Å²) in [5, 5.41) is 4.82. The van der Waals surface area contributed by atoms with Gasteiger partial charge in [0.25, 0.3) is 0 Å². The van der Waals surface area contributed by atoms with Gasteiger partial charge in [-0.3, -0.25) is 0 Å². The van der Waals surface area contributed by atoms with E-state index in [4.69, 9.17) is 17.3 Å². The van der Waals surface area contributed by atoms with Crippen LogP contribution in [-0.2, 0) is 20.3 Å². The summed E-state index contributed by atoms with van der Waals surface area (Å²) in [6.07, 6.45) is 3.94. The maximum absolute atomic E-state index is 5.67. The van der Waals surface area contributed by atoms with Gasteiger partial charge in [-0.2, -0.15) is 4.68 Å². The van der Waals surface area contributed by atoms with Gasteiger partial charge in [0, 0.05) is 37.0 Å². The zero-order chi connectivity index (χ0) is 20.2. The van der Waals surface area contributed by atoms with Gasteiger partial charge >= 0.3 is 0 Å². The van der Waals surface area contributed by atoms with Crippen molar-refractivity contribution in [2.45, 2.75) is 32.5 Å². The normalized spacial score (nSPS) is 15.4. The minimum absolute atomic E-state index is 0.744. The lowest BCUT2D eigenvalue weighted by Crippen LogP contribution is -3.07. The largest absolute Gasteiger partial charge is 0.371 e. The molecular formula is C23H30N5S+. The molecule has 0 aliphatic carbocycles. The summed E-state index contributed by atoms with van der Waals surface area (Å²) in [7, 11) is 4.21. The van der Waals surface area contributed by atoms with Crippen molar-refractivity contribution in [2.24, 2.45) is 7.05 Å². The van der Waals surface area contributed by atoms with E-state index in [1.54, 1.807) is 0 Å². The summed E-state index contributed by atoms with van der Waals surface area (Å²) in [5.74, 6) is 0.914. The van der Waals surface area contributed by atoms with E-state index in [1.807, 2.05) is 34.5 Å². The van der Waals surface area contributed by atoms with E-state index in [9.17, 15) is 0 Å². The predicted molar refractivity (Wildman–Crippen MR) is 121 cm³/mol. The second-order valence-corrected chi connectivity index (χ2v) is 8.36. The zero-order valence-electron chi connectivity index (χ0n) is 17.3. The molecule has 0 saturated carbocycles. The third-order valence-corrected chi connectivity index (χ3v) is 6.16. The van der Waals surface area contributed by atoms with Crippen LogP contribution >= 0.6 is 12.2 Å². The first-order valence-corrected chi connectivity index (χ1v) is 10.9. The molecule has 152 valence electrons. The number of aromatic nitrogens is 3. The molecule has 0 bridgehead atoms. The molecule has 3 aromatic rings. The van der Waals surface area contributed by atoms with E-state index in [2.05, 4.69) is 48.3 Å². The van der Waals surface area contributed by atoms with Gasteiger partial charge < -0.3 is 14.4 Å². The van der Waals surface area contributed by atoms with Crippen molar-refractivity contribution in [1.82, 2.24) is 14.3 Å². The molecule has 29 heavy (non-hydrogen) atoms. The summed E-state index contributed by atoms with van der Waals surface area (Å²) in [5.41, 5.74) is 3.88. The van der Waals surface area contributed by atoms with E-state index < -0.39 is 0 Å². The summed E-state index contributed by atoms with van der Waals surface area (Å²) in [6, 6.07) is 19.1. The van der Waals surface area contributed by atoms with Crippen molar-refractivity contribution in [3.05, 3.63) is 64.9 Å². The van der Waals surface area contributed by atoms with Crippen molar-refractivity contribution in [1.29, 1.82) is 0 Å². The lowest BCUT2D eigenvalue weighted by molar-refractivity contribution is -0.917. The average molecular weight is 409 g/mol. The van der Waals surface area contributed by atoms with Crippen LogP contribution in [0.4, 0.5) is 5.69 Å². The van der Waals surface area contributed by atoms with E-state index in [-0.39, 0.29) is 0 Å². The Morgan fingerprint density at radius 1 is 0.966 bits per heavy atom. The fraction of sp³-hybridized carbons (Fsp3) is 0.391. The molecule has 1 aliphatic heterocycles. The molecule has 0 radical (unpaired) electrons. The Labute approximate surface area is 178 Å². The fourth-order valence-electron chi connectivity index (χ4n) is 4.17. The van der Waals surface area contributed by atoms with Gasteiger partial charge in [0.1, 0.15) is 6.54 Å². The molecule has 1 fully saturated rings. The van der Waals surface area contributed by atoms with Crippen molar-refractivity contribution in [3.8, 4) is 11.4 Å². The molecule has 6 heteroatoms. The summed E-state index contributed by atoms with van der Waals surface area (Å²) in [6.45, 7) is 4.03. The van der Waals surface area contributed by atoms with Gasteiger partial charge in [-0.1, -0.05) is 48.5 Å². The fourth-order valence-corrected chi connectivity index (χ4v) is 4.36. The molecule has 1 saturated heterocycles. The highest BCUT2D eigenvalue weighted by Gasteiger charge is 2.17. The van der Waals surface area contributed by atoms with Crippen LogP contribution in [0.1, 0.15) is 24.8 Å². The number of nitrogens with one attached hydrogen (secondary N) is 1. The lowest BCUT2D eigenvalue weighted by Gasteiger charge is -2.31. The van der Waals surface area contributed by atoms with E-state index in [0.29, 0.717) is 0 Å². The molecule has 1 aliphatic rings. The van der Waals surface area contributed by atoms with Gasteiger partial charge in [-0.15, -0.1) is 5.10 Å². The third kappa shape index (κ3) is 4.43. The first kappa shape index (κ1) is 19.9. The second-order valence-electron chi connectivity index (χ2n) is 8.00. The van der Waals surface area contributed by atoms with Crippen LogP contribution in [0, 0.1) is 4.77 Å². The van der Waals surface area contributed by atoms with E-state index in [0.717, 1.165) is 29.4 Å². The Kier molecular flexibility index (Phi) is 6.11. The Morgan fingerprint density at radius 2 is 1.66 bits per heavy atom. The molecule has 0 spiro atoms. The van der Waals surface area contributed by atoms with E-state index in [1.165, 1.54) is 48.5 Å². The molecule has 2 heterocycles. The number of hydrogen-bond acceptors (Lipinski definition) is 3.